The van der Waals surface area contributed by atoms with E-state index >= 15 is 0 Å². The minimum absolute atomic E-state index is 0.242. The molecule has 0 aliphatic carbocycles. The van der Waals surface area contributed by atoms with Crippen molar-refractivity contribution in [1.82, 2.24) is 9.97 Å². The molecule has 23 heavy (non-hydrogen) atoms. The van der Waals surface area contributed by atoms with Crippen LogP contribution in [0.2, 0.25) is 0 Å². The molecule has 0 aliphatic rings. The number of hydrogen-bond donors (Lipinski definition) is 1. The van der Waals surface area contributed by atoms with E-state index in [1.807, 2.05) is 37.1 Å². The second-order valence-electron chi connectivity index (χ2n) is 5.45. The van der Waals surface area contributed by atoms with Crippen LogP contribution in [-0.2, 0) is 0 Å². The molecule has 0 aliphatic heterocycles. The molecule has 1 N–H and O–H groups in total. The van der Waals surface area contributed by atoms with Gasteiger partial charge in [-0.2, -0.15) is 0 Å². The number of aromatic nitrogens is 2. The van der Waals surface area contributed by atoms with Crippen molar-refractivity contribution in [2.75, 3.05) is 23.8 Å². The third-order valence-electron chi connectivity index (χ3n) is 3.55. The van der Waals surface area contributed by atoms with Crippen LogP contribution in [0.15, 0.2) is 35.1 Å². The number of carbonyl (C=O) groups excluding carboxylic acids is 1. The molecule has 0 fully saturated rings. The zero-order valence-corrected chi connectivity index (χ0v) is 15.2. The fourth-order valence-corrected chi connectivity index (χ4v) is 2.43. The van der Waals surface area contributed by atoms with Crippen LogP contribution >= 0.6 is 15.9 Å². The van der Waals surface area contributed by atoms with Gasteiger partial charge in [0.15, 0.2) is 0 Å². The van der Waals surface area contributed by atoms with Crippen LogP contribution in [0.5, 0.6) is 0 Å². The summed E-state index contributed by atoms with van der Waals surface area (Å²) in [5.41, 5.74) is 2.20. The third-order valence-corrected chi connectivity index (χ3v) is 4.41. The molecule has 1 aromatic carbocycles. The summed E-state index contributed by atoms with van der Waals surface area (Å²) in [5.74, 6) is 0.511. The average molecular weight is 377 g/mol. The van der Waals surface area contributed by atoms with Gasteiger partial charge in [0.1, 0.15) is 17.8 Å². The van der Waals surface area contributed by atoms with Gasteiger partial charge < -0.3 is 10.2 Å². The van der Waals surface area contributed by atoms with Gasteiger partial charge in [0, 0.05) is 29.8 Å². The van der Waals surface area contributed by atoms with Gasteiger partial charge in [-0.05, 0) is 31.0 Å². The lowest BCUT2D eigenvalue weighted by Crippen LogP contribution is -2.21. The van der Waals surface area contributed by atoms with Gasteiger partial charge in [-0.3, -0.25) is 4.79 Å². The van der Waals surface area contributed by atoms with E-state index in [1.54, 1.807) is 6.07 Å². The first-order valence-corrected chi connectivity index (χ1v) is 8.41. The topological polar surface area (TPSA) is 58.1 Å². The highest BCUT2D eigenvalue weighted by atomic mass is 79.9. The standard InChI is InChI=1S/C17H21BrN4O/c1-4-5-8-22(3)16-10-15(19-11-20-16)17(23)21-13-7-6-12(2)14(18)9-13/h6-7,9-11H,4-5,8H2,1-3H3,(H,21,23). The summed E-state index contributed by atoms with van der Waals surface area (Å²) < 4.78 is 0.956. The molecule has 2 rings (SSSR count). The maximum absolute atomic E-state index is 12.4. The summed E-state index contributed by atoms with van der Waals surface area (Å²) in [7, 11) is 1.97. The number of unbranched alkanes of at least 4 members (excludes halogenated alkanes) is 1. The van der Waals surface area contributed by atoms with Gasteiger partial charge in [0.2, 0.25) is 0 Å². The van der Waals surface area contributed by atoms with Gasteiger partial charge in [-0.25, -0.2) is 9.97 Å². The van der Waals surface area contributed by atoms with Crippen LogP contribution in [0, 0.1) is 6.92 Å². The van der Waals surface area contributed by atoms with Gasteiger partial charge in [0.05, 0.1) is 0 Å². The summed E-state index contributed by atoms with van der Waals surface area (Å²) >= 11 is 3.46. The number of nitrogens with one attached hydrogen (secondary N) is 1. The molecule has 0 radical (unpaired) electrons. The van der Waals surface area contributed by atoms with Crippen molar-refractivity contribution < 1.29 is 4.79 Å². The summed E-state index contributed by atoms with van der Waals surface area (Å²) in [4.78, 5) is 22.7. The van der Waals surface area contributed by atoms with Crippen LogP contribution < -0.4 is 10.2 Å². The molecule has 122 valence electrons. The van der Waals surface area contributed by atoms with Crippen LogP contribution in [-0.4, -0.2) is 29.5 Å². The Morgan fingerprint density at radius 2 is 2.09 bits per heavy atom. The van der Waals surface area contributed by atoms with E-state index < -0.39 is 0 Å². The molecule has 1 aromatic heterocycles. The Morgan fingerprint density at radius 1 is 1.30 bits per heavy atom. The van der Waals surface area contributed by atoms with Crippen LogP contribution in [0.1, 0.15) is 35.8 Å². The highest BCUT2D eigenvalue weighted by molar-refractivity contribution is 9.10. The lowest BCUT2D eigenvalue weighted by Gasteiger charge is -2.17. The average Bonchev–Trinajstić information content (AvgIpc) is 2.56. The van der Waals surface area contributed by atoms with Crippen LogP contribution in [0.25, 0.3) is 0 Å². The number of nitrogens with zero attached hydrogens (tertiary/aromatic N) is 3. The summed E-state index contributed by atoms with van der Waals surface area (Å²) in [6, 6.07) is 7.41. The summed E-state index contributed by atoms with van der Waals surface area (Å²) in [5, 5.41) is 2.86. The molecular formula is C17H21BrN4O. The second kappa shape index (κ2) is 8.06. The molecule has 2 aromatic rings. The first-order chi connectivity index (χ1) is 11.0. The summed E-state index contributed by atoms with van der Waals surface area (Å²) in [6.07, 6.45) is 3.63. The lowest BCUT2D eigenvalue weighted by molar-refractivity contribution is 0.102. The van der Waals surface area contributed by atoms with Crippen LogP contribution in [0.4, 0.5) is 11.5 Å². The molecule has 5 nitrogen and oxygen atoms in total. The van der Waals surface area contributed by atoms with Crippen molar-refractivity contribution in [1.29, 1.82) is 0 Å². The molecule has 0 spiro atoms. The minimum Gasteiger partial charge on any atom is -0.360 e. The molecular weight excluding hydrogens is 356 g/mol. The lowest BCUT2D eigenvalue weighted by atomic mass is 10.2. The largest absolute Gasteiger partial charge is 0.360 e. The smallest absolute Gasteiger partial charge is 0.274 e. The first kappa shape index (κ1) is 17.4. The predicted octanol–water partition coefficient (Wildman–Crippen LogP) is 4.04. The quantitative estimate of drug-likeness (QED) is 0.826. The molecule has 1 heterocycles. The Bertz CT molecular complexity index is 690. The first-order valence-electron chi connectivity index (χ1n) is 7.62. The molecule has 6 heteroatoms. The van der Waals surface area contributed by atoms with Crippen molar-refractivity contribution >= 4 is 33.3 Å². The van der Waals surface area contributed by atoms with Crippen molar-refractivity contribution in [3.63, 3.8) is 0 Å². The molecule has 0 saturated heterocycles. The molecule has 0 atom stereocenters. The maximum atomic E-state index is 12.4. The number of hydrogen-bond acceptors (Lipinski definition) is 4. The monoisotopic (exact) mass is 376 g/mol. The Morgan fingerprint density at radius 3 is 2.78 bits per heavy atom. The number of halogens is 1. The number of rotatable bonds is 6. The second-order valence-corrected chi connectivity index (χ2v) is 6.31. The zero-order chi connectivity index (χ0) is 16.8. The Kier molecular flexibility index (Phi) is 6.10. The van der Waals surface area contributed by atoms with E-state index in [2.05, 4.69) is 38.1 Å². The van der Waals surface area contributed by atoms with E-state index in [4.69, 9.17) is 0 Å². The van der Waals surface area contributed by atoms with Gasteiger partial charge in [-0.15, -0.1) is 0 Å². The molecule has 0 unspecified atom stereocenters. The van der Waals surface area contributed by atoms with E-state index in [9.17, 15) is 4.79 Å². The Hall–Kier alpha value is -1.95. The van der Waals surface area contributed by atoms with Crippen molar-refractivity contribution in [3.05, 3.63) is 46.3 Å². The molecule has 0 saturated carbocycles. The number of benzene rings is 1. The SMILES string of the molecule is CCCCN(C)c1cc(C(=O)Nc2ccc(C)c(Br)c2)ncn1. The molecule has 1 amide bonds. The number of amides is 1. The van der Waals surface area contributed by atoms with E-state index in [1.165, 1.54) is 6.33 Å². The van der Waals surface area contributed by atoms with Crippen molar-refractivity contribution in [2.45, 2.75) is 26.7 Å². The number of anilines is 2. The fourth-order valence-electron chi connectivity index (χ4n) is 2.06. The van der Waals surface area contributed by atoms with Crippen LogP contribution in [0.3, 0.4) is 0 Å². The van der Waals surface area contributed by atoms with Crippen molar-refractivity contribution in [2.24, 2.45) is 0 Å². The van der Waals surface area contributed by atoms with E-state index in [0.29, 0.717) is 5.69 Å². The predicted molar refractivity (Wildman–Crippen MR) is 97.0 cm³/mol. The minimum atomic E-state index is -0.242. The third kappa shape index (κ3) is 4.76. The van der Waals surface area contributed by atoms with E-state index in [0.717, 1.165) is 40.9 Å². The highest BCUT2D eigenvalue weighted by Crippen LogP contribution is 2.21. The fraction of sp³-hybridized carbons (Fsp3) is 0.353. The number of carbonyl (C=O) groups is 1. The number of aryl methyl sites for hydroxylation is 1. The summed E-state index contributed by atoms with van der Waals surface area (Å²) in [6.45, 7) is 5.05. The van der Waals surface area contributed by atoms with Gasteiger partial charge in [-0.1, -0.05) is 35.3 Å². The van der Waals surface area contributed by atoms with Crippen molar-refractivity contribution in [3.8, 4) is 0 Å². The molecule has 0 bridgehead atoms. The maximum Gasteiger partial charge on any atom is 0.274 e. The highest BCUT2D eigenvalue weighted by Gasteiger charge is 2.11. The Balaban J connectivity index is 2.11. The van der Waals surface area contributed by atoms with Gasteiger partial charge >= 0.3 is 0 Å². The zero-order valence-electron chi connectivity index (χ0n) is 13.6. The Labute approximate surface area is 145 Å². The normalized spacial score (nSPS) is 10.4. The van der Waals surface area contributed by atoms with Gasteiger partial charge in [0.25, 0.3) is 5.91 Å². The van der Waals surface area contributed by atoms with E-state index in [-0.39, 0.29) is 5.91 Å².